The van der Waals surface area contributed by atoms with Crippen LogP contribution >= 0.6 is 0 Å². The smallest absolute Gasteiger partial charge is 0.245 e. The molecule has 1 aliphatic rings. The topological polar surface area (TPSA) is 32.3 Å². The van der Waals surface area contributed by atoms with E-state index in [1.807, 2.05) is 13.8 Å². The quantitative estimate of drug-likeness (QED) is 0.842. The minimum Gasteiger partial charge on any atom is -0.355 e. The van der Waals surface area contributed by atoms with Gasteiger partial charge >= 0.3 is 0 Å². The molecular weight excluding hydrogens is 236 g/mol. The van der Waals surface area contributed by atoms with Crippen LogP contribution in [0.2, 0.25) is 0 Å². The van der Waals surface area contributed by atoms with E-state index >= 15 is 0 Å². The van der Waals surface area contributed by atoms with E-state index in [0.717, 1.165) is 12.2 Å². The first-order chi connectivity index (χ1) is 8.63. The molecule has 1 aromatic rings. The maximum Gasteiger partial charge on any atom is 0.245 e. The van der Waals surface area contributed by atoms with Gasteiger partial charge in [-0.15, -0.1) is 0 Å². The molecule has 3 heteroatoms. The molecule has 0 atom stereocenters. The highest BCUT2D eigenvalue weighted by Crippen LogP contribution is 2.32. The highest BCUT2D eigenvalue weighted by molar-refractivity contribution is 5.91. The molecule has 19 heavy (non-hydrogen) atoms. The molecule has 1 aromatic carbocycles. The summed E-state index contributed by atoms with van der Waals surface area (Å²) >= 11 is 0. The average Bonchev–Trinajstić information content (AvgIpc) is 2.24. The molecule has 104 valence electrons. The van der Waals surface area contributed by atoms with E-state index < -0.39 is 5.54 Å². The van der Waals surface area contributed by atoms with Gasteiger partial charge in [-0.2, -0.15) is 0 Å². The zero-order valence-electron chi connectivity index (χ0n) is 12.8. The van der Waals surface area contributed by atoms with Crippen LogP contribution < -0.4 is 10.2 Å². The molecule has 1 amide bonds. The van der Waals surface area contributed by atoms with E-state index in [2.05, 4.69) is 56.1 Å². The lowest BCUT2D eigenvalue weighted by Gasteiger charge is -2.50. The normalized spacial score (nSPS) is 21.2. The summed E-state index contributed by atoms with van der Waals surface area (Å²) in [5, 5.41) is 3.10. The third kappa shape index (κ3) is 2.46. The summed E-state index contributed by atoms with van der Waals surface area (Å²) in [6, 6.07) is 6.41. The van der Waals surface area contributed by atoms with Crippen molar-refractivity contribution in [3.8, 4) is 0 Å². The summed E-state index contributed by atoms with van der Waals surface area (Å²) in [6.07, 6.45) is 0. The number of nitrogens with one attached hydrogen (secondary N) is 1. The zero-order chi connectivity index (χ0) is 14.4. The van der Waals surface area contributed by atoms with Crippen LogP contribution in [0.5, 0.6) is 0 Å². The lowest BCUT2D eigenvalue weighted by atomic mass is 9.89. The van der Waals surface area contributed by atoms with Crippen LogP contribution in [0.25, 0.3) is 0 Å². The van der Waals surface area contributed by atoms with E-state index in [-0.39, 0.29) is 11.4 Å². The van der Waals surface area contributed by atoms with Crippen LogP contribution in [-0.2, 0) is 4.79 Å². The van der Waals surface area contributed by atoms with Crippen LogP contribution in [0.1, 0.15) is 38.8 Å². The molecule has 0 spiro atoms. The predicted molar refractivity (Wildman–Crippen MR) is 79.6 cm³/mol. The molecule has 3 nitrogen and oxygen atoms in total. The highest BCUT2D eigenvalue weighted by Gasteiger charge is 2.44. The molecule has 0 aliphatic carbocycles. The lowest BCUT2D eigenvalue weighted by Crippen LogP contribution is -2.69. The number of nitrogens with zero attached hydrogens (tertiary/aromatic N) is 1. The Bertz CT molecular complexity index is 517. The Hall–Kier alpha value is -1.51. The molecule has 0 saturated carbocycles. The third-order valence-electron chi connectivity index (χ3n) is 3.88. The second-order valence-electron chi connectivity index (χ2n) is 6.77. The first-order valence-corrected chi connectivity index (χ1v) is 6.81. The number of carbonyl (C=O) groups excluding carboxylic acids is 1. The van der Waals surface area contributed by atoms with Crippen molar-refractivity contribution in [1.29, 1.82) is 0 Å². The van der Waals surface area contributed by atoms with Gasteiger partial charge in [-0.25, -0.2) is 0 Å². The Kier molecular flexibility index (Phi) is 3.12. The van der Waals surface area contributed by atoms with E-state index in [4.69, 9.17) is 0 Å². The van der Waals surface area contributed by atoms with Crippen LogP contribution in [0, 0.1) is 13.8 Å². The number of carbonyl (C=O) groups is 1. The molecule has 0 unspecified atom stereocenters. The summed E-state index contributed by atoms with van der Waals surface area (Å²) in [7, 11) is 0. The fraction of sp³-hybridized carbons (Fsp3) is 0.562. The Morgan fingerprint density at radius 3 is 2.37 bits per heavy atom. The minimum absolute atomic E-state index is 0.0868. The van der Waals surface area contributed by atoms with Gasteiger partial charge in [0, 0.05) is 12.2 Å². The van der Waals surface area contributed by atoms with E-state index in [0.29, 0.717) is 0 Å². The molecule has 1 N–H and O–H groups in total. The number of piperazine rings is 1. The molecule has 1 fully saturated rings. The van der Waals surface area contributed by atoms with Gasteiger partial charge in [-0.05, 0) is 53.2 Å². The summed E-state index contributed by atoms with van der Waals surface area (Å²) < 4.78 is 0. The maximum absolute atomic E-state index is 12.3. The Morgan fingerprint density at radius 2 is 1.79 bits per heavy atom. The Morgan fingerprint density at radius 1 is 1.16 bits per heavy atom. The van der Waals surface area contributed by atoms with Gasteiger partial charge < -0.3 is 10.2 Å². The van der Waals surface area contributed by atoms with Crippen molar-refractivity contribution in [3.63, 3.8) is 0 Å². The largest absolute Gasteiger partial charge is 0.355 e. The predicted octanol–water partition coefficient (Wildman–Crippen LogP) is 2.80. The fourth-order valence-electron chi connectivity index (χ4n) is 2.71. The van der Waals surface area contributed by atoms with Crippen LogP contribution in [-0.4, -0.2) is 23.5 Å². The van der Waals surface area contributed by atoms with Gasteiger partial charge in [0.05, 0.1) is 5.54 Å². The third-order valence-corrected chi connectivity index (χ3v) is 3.88. The van der Waals surface area contributed by atoms with E-state index in [1.165, 1.54) is 11.1 Å². The summed E-state index contributed by atoms with van der Waals surface area (Å²) in [5.74, 6) is 0.0868. The highest BCUT2D eigenvalue weighted by atomic mass is 16.2. The maximum atomic E-state index is 12.3. The minimum atomic E-state index is -0.518. The van der Waals surface area contributed by atoms with Gasteiger partial charge in [0.15, 0.2) is 0 Å². The van der Waals surface area contributed by atoms with Crippen molar-refractivity contribution in [1.82, 2.24) is 5.32 Å². The lowest BCUT2D eigenvalue weighted by molar-refractivity contribution is -0.128. The standard InChI is InChI=1S/C16H24N2O/c1-11-7-8-13(12(2)9-11)18-10-15(3,4)17-14(19)16(18,5)6/h7-9H,10H2,1-6H3,(H,17,19). The molecule has 1 aliphatic heterocycles. The number of hydrogen-bond acceptors (Lipinski definition) is 2. The van der Waals surface area contributed by atoms with Crippen molar-refractivity contribution >= 4 is 11.6 Å². The second-order valence-corrected chi connectivity index (χ2v) is 6.77. The number of aryl methyl sites for hydroxylation is 2. The SMILES string of the molecule is Cc1ccc(N2CC(C)(C)NC(=O)C2(C)C)c(C)c1. The first kappa shape index (κ1) is 13.9. The number of hydrogen-bond donors (Lipinski definition) is 1. The summed E-state index contributed by atoms with van der Waals surface area (Å²) in [6.45, 7) is 13.1. The Balaban J connectivity index is 2.48. The van der Waals surface area contributed by atoms with Gasteiger partial charge in [-0.3, -0.25) is 4.79 Å². The van der Waals surface area contributed by atoms with Crippen LogP contribution in [0.3, 0.4) is 0 Å². The first-order valence-electron chi connectivity index (χ1n) is 6.81. The van der Waals surface area contributed by atoms with Crippen LogP contribution in [0.15, 0.2) is 18.2 Å². The second kappa shape index (κ2) is 4.26. The number of rotatable bonds is 1. The van der Waals surface area contributed by atoms with Gasteiger partial charge in [0.25, 0.3) is 0 Å². The van der Waals surface area contributed by atoms with Crippen molar-refractivity contribution < 1.29 is 4.79 Å². The molecule has 0 radical (unpaired) electrons. The van der Waals surface area contributed by atoms with Crippen molar-refractivity contribution in [2.45, 2.75) is 52.6 Å². The summed E-state index contributed by atoms with van der Waals surface area (Å²) in [4.78, 5) is 14.6. The number of benzene rings is 1. The van der Waals surface area contributed by atoms with Gasteiger partial charge in [0.1, 0.15) is 5.54 Å². The molecule has 0 bridgehead atoms. The fourth-order valence-corrected chi connectivity index (χ4v) is 2.71. The number of amides is 1. The van der Waals surface area contributed by atoms with E-state index in [1.54, 1.807) is 0 Å². The summed E-state index contributed by atoms with van der Waals surface area (Å²) in [5.41, 5.74) is 2.90. The van der Waals surface area contributed by atoms with Crippen LogP contribution in [0.4, 0.5) is 5.69 Å². The molecule has 1 heterocycles. The van der Waals surface area contributed by atoms with Crippen molar-refractivity contribution in [2.24, 2.45) is 0 Å². The monoisotopic (exact) mass is 260 g/mol. The van der Waals surface area contributed by atoms with Gasteiger partial charge in [-0.1, -0.05) is 17.7 Å². The molecule has 1 saturated heterocycles. The van der Waals surface area contributed by atoms with E-state index in [9.17, 15) is 4.79 Å². The van der Waals surface area contributed by atoms with Gasteiger partial charge in [0.2, 0.25) is 5.91 Å². The molecular formula is C16H24N2O. The van der Waals surface area contributed by atoms with Crippen molar-refractivity contribution in [3.05, 3.63) is 29.3 Å². The molecule has 0 aromatic heterocycles. The number of anilines is 1. The Labute approximate surface area is 116 Å². The average molecular weight is 260 g/mol. The zero-order valence-corrected chi connectivity index (χ0v) is 12.8. The van der Waals surface area contributed by atoms with Crippen molar-refractivity contribution in [2.75, 3.05) is 11.4 Å². The molecule has 2 rings (SSSR count).